The molecule has 0 bridgehead atoms. The van der Waals surface area contributed by atoms with Gasteiger partial charge in [0.1, 0.15) is 5.82 Å². The van der Waals surface area contributed by atoms with E-state index in [4.69, 9.17) is 11.6 Å². The topological polar surface area (TPSA) is 12.0 Å². The van der Waals surface area contributed by atoms with Gasteiger partial charge in [0.25, 0.3) is 0 Å². The summed E-state index contributed by atoms with van der Waals surface area (Å²) < 4.78 is 13.9. The van der Waals surface area contributed by atoms with Gasteiger partial charge >= 0.3 is 0 Å². The van der Waals surface area contributed by atoms with E-state index in [0.29, 0.717) is 5.56 Å². The van der Waals surface area contributed by atoms with Crippen molar-refractivity contribution in [1.82, 2.24) is 5.32 Å². The molecule has 0 radical (unpaired) electrons. The van der Waals surface area contributed by atoms with E-state index in [1.54, 1.807) is 13.0 Å². The third kappa shape index (κ3) is 3.63. The van der Waals surface area contributed by atoms with Crippen molar-refractivity contribution in [2.45, 2.75) is 33.2 Å². The van der Waals surface area contributed by atoms with E-state index < -0.39 is 0 Å². The molecule has 2 aromatic rings. The Balaban J connectivity index is 2.47. The third-order valence-corrected chi connectivity index (χ3v) is 4.16. The first kappa shape index (κ1) is 16.0. The van der Waals surface area contributed by atoms with Gasteiger partial charge in [0.2, 0.25) is 0 Å². The Morgan fingerprint density at radius 1 is 1.19 bits per heavy atom. The predicted molar refractivity (Wildman–Crippen MR) is 87.5 cm³/mol. The molecule has 1 nitrogen and oxygen atoms in total. The van der Waals surface area contributed by atoms with E-state index >= 15 is 0 Å². The number of benzene rings is 2. The summed E-state index contributed by atoms with van der Waals surface area (Å²) in [6, 6.07) is 11.2. The lowest BCUT2D eigenvalue weighted by molar-refractivity contribution is 0.581. The highest BCUT2D eigenvalue weighted by molar-refractivity contribution is 6.31. The second-order valence-electron chi connectivity index (χ2n) is 5.35. The first-order chi connectivity index (χ1) is 10.0. The quantitative estimate of drug-likeness (QED) is 0.802. The van der Waals surface area contributed by atoms with Crippen molar-refractivity contribution < 1.29 is 4.39 Å². The number of halogens is 2. The van der Waals surface area contributed by atoms with Crippen LogP contribution >= 0.6 is 11.6 Å². The van der Waals surface area contributed by atoms with Gasteiger partial charge in [-0.3, -0.25) is 0 Å². The molecular formula is C18H21ClFN. The summed E-state index contributed by atoms with van der Waals surface area (Å²) in [5.41, 5.74) is 3.72. The summed E-state index contributed by atoms with van der Waals surface area (Å²) in [5.74, 6) is -0.171. The maximum absolute atomic E-state index is 13.9. The summed E-state index contributed by atoms with van der Waals surface area (Å²) in [6.07, 6.45) is 1.02. The molecule has 21 heavy (non-hydrogen) atoms. The highest BCUT2D eigenvalue weighted by Crippen LogP contribution is 2.29. The normalized spacial score (nSPS) is 12.4. The van der Waals surface area contributed by atoms with Crippen molar-refractivity contribution >= 4 is 11.6 Å². The lowest BCUT2D eigenvalue weighted by Gasteiger charge is -2.22. The lowest BCUT2D eigenvalue weighted by atomic mass is 9.94. The minimum Gasteiger partial charge on any atom is -0.306 e. The van der Waals surface area contributed by atoms with Gasteiger partial charge in [-0.15, -0.1) is 0 Å². The molecule has 0 fully saturated rings. The van der Waals surface area contributed by atoms with Gasteiger partial charge in [-0.1, -0.05) is 42.8 Å². The minimum atomic E-state index is -0.171. The molecule has 0 spiro atoms. The Morgan fingerprint density at radius 2 is 1.95 bits per heavy atom. The zero-order chi connectivity index (χ0) is 15.4. The van der Waals surface area contributed by atoms with E-state index in [-0.39, 0.29) is 11.9 Å². The maximum atomic E-state index is 13.9. The van der Waals surface area contributed by atoms with Crippen LogP contribution in [-0.2, 0) is 0 Å². The first-order valence-electron chi connectivity index (χ1n) is 7.29. The molecule has 2 rings (SSSR count). The van der Waals surface area contributed by atoms with Crippen LogP contribution in [0.2, 0.25) is 5.02 Å². The average Bonchev–Trinajstić information content (AvgIpc) is 2.47. The zero-order valence-electron chi connectivity index (χ0n) is 12.7. The van der Waals surface area contributed by atoms with Gasteiger partial charge in [-0.25, -0.2) is 4.39 Å². The van der Waals surface area contributed by atoms with Crippen molar-refractivity contribution in [3.63, 3.8) is 0 Å². The highest BCUT2D eigenvalue weighted by Gasteiger charge is 2.17. The second-order valence-corrected chi connectivity index (χ2v) is 5.76. The molecule has 0 aromatic heterocycles. The molecule has 1 unspecified atom stereocenters. The van der Waals surface area contributed by atoms with Gasteiger partial charge in [0, 0.05) is 5.02 Å². The van der Waals surface area contributed by atoms with Gasteiger partial charge in [-0.05, 0) is 61.2 Å². The average molecular weight is 306 g/mol. The Kier molecular flexibility index (Phi) is 5.38. The zero-order valence-corrected chi connectivity index (χ0v) is 13.5. The summed E-state index contributed by atoms with van der Waals surface area (Å²) in [6.45, 7) is 6.76. The second kappa shape index (κ2) is 7.06. The third-order valence-electron chi connectivity index (χ3n) is 3.75. The van der Waals surface area contributed by atoms with Crippen LogP contribution in [0.1, 0.15) is 41.6 Å². The number of nitrogens with one attached hydrogen (secondary N) is 1. The van der Waals surface area contributed by atoms with Crippen molar-refractivity contribution in [3.8, 4) is 0 Å². The largest absolute Gasteiger partial charge is 0.306 e. The molecule has 1 atom stereocenters. The maximum Gasteiger partial charge on any atom is 0.126 e. The van der Waals surface area contributed by atoms with E-state index in [1.807, 2.05) is 37.3 Å². The summed E-state index contributed by atoms with van der Waals surface area (Å²) in [5, 5.41) is 4.23. The minimum absolute atomic E-state index is 0.0428. The van der Waals surface area contributed by atoms with Gasteiger partial charge < -0.3 is 5.32 Å². The van der Waals surface area contributed by atoms with Crippen LogP contribution in [0.4, 0.5) is 4.39 Å². The lowest BCUT2D eigenvalue weighted by Crippen LogP contribution is -2.24. The first-order valence-corrected chi connectivity index (χ1v) is 7.66. The fraction of sp³-hybridized carbons (Fsp3) is 0.333. The smallest absolute Gasteiger partial charge is 0.126 e. The molecule has 1 N–H and O–H groups in total. The molecule has 0 aliphatic heterocycles. The summed E-state index contributed by atoms with van der Waals surface area (Å²) >= 11 is 6.23. The summed E-state index contributed by atoms with van der Waals surface area (Å²) in [7, 11) is 0. The molecule has 0 saturated carbocycles. The molecular weight excluding hydrogens is 285 g/mol. The SMILES string of the molecule is CCCNC(c1ccc(C)c(F)c1)c1cccc(Cl)c1C. The Morgan fingerprint density at radius 3 is 2.62 bits per heavy atom. The highest BCUT2D eigenvalue weighted by atomic mass is 35.5. The predicted octanol–water partition coefficient (Wildman–Crippen LogP) is 5.18. The van der Waals surface area contributed by atoms with Gasteiger partial charge in [0.15, 0.2) is 0 Å². The van der Waals surface area contributed by atoms with Crippen LogP contribution in [0.3, 0.4) is 0 Å². The van der Waals surface area contributed by atoms with Crippen LogP contribution in [0.5, 0.6) is 0 Å². The molecule has 0 aliphatic carbocycles. The molecule has 3 heteroatoms. The van der Waals surface area contributed by atoms with Crippen LogP contribution in [0, 0.1) is 19.7 Å². The standard InChI is InChI=1S/C18H21ClFN/c1-4-10-21-18(14-9-8-12(2)17(20)11-14)15-6-5-7-16(19)13(15)3/h5-9,11,18,21H,4,10H2,1-3H3. The number of hydrogen-bond donors (Lipinski definition) is 1. The molecule has 0 saturated heterocycles. The van der Waals surface area contributed by atoms with Crippen molar-refractivity contribution in [2.75, 3.05) is 6.54 Å². The van der Waals surface area contributed by atoms with E-state index in [1.165, 1.54) is 0 Å². The van der Waals surface area contributed by atoms with Crippen LogP contribution in [0.25, 0.3) is 0 Å². The molecule has 0 amide bonds. The number of aryl methyl sites for hydroxylation is 1. The Hall–Kier alpha value is -1.38. The molecule has 112 valence electrons. The van der Waals surface area contributed by atoms with Gasteiger partial charge in [0.05, 0.1) is 6.04 Å². The Bertz CT molecular complexity index is 625. The van der Waals surface area contributed by atoms with Crippen molar-refractivity contribution in [1.29, 1.82) is 0 Å². The Labute approximate surface area is 131 Å². The van der Waals surface area contributed by atoms with Crippen LogP contribution in [0.15, 0.2) is 36.4 Å². The van der Waals surface area contributed by atoms with E-state index in [0.717, 1.165) is 34.7 Å². The fourth-order valence-corrected chi connectivity index (χ4v) is 2.60. The van der Waals surface area contributed by atoms with Gasteiger partial charge in [-0.2, -0.15) is 0 Å². The fourth-order valence-electron chi connectivity index (χ4n) is 2.42. The summed E-state index contributed by atoms with van der Waals surface area (Å²) in [4.78, 5) is 0. The van der Waals surface area contributed by atoms with Crippen molar-refractivity contribution in [2.24, 2.45) is 0 Å². The van der Waals surface area contributed by atoms with Crippen molar-refractivity contribution in [3.05, 3.63) is 69.5 Å². The monoisotopic (exact) mass is 305 g/mol. The van der Waals surface area contributed by atoms with Crippen LogP contribution in [-0.4, -0.2) is 6.54 Å². The van der Waals surface area contributed by atoms with Crippen LogP contribution < -0.4 is 5.32 Å². The number of rotatable bonds is 5. The number of hydrogen-bond acceptors (Lipinski definition) is 1. The molecule has 0 aliphatic rings. The molecule has 2 aromatic carbocycles. The molecule has 0 heterocycles. The van der Waals surface area contributed by atoms with E-state index in [2.05, 4.69) is 12.2 Å². The van der Waals surface area contributed by atoms with E-state index in [9.17, 15) is 4.39 Å².